The normalized spacial score (nSPS) is 10.3. The predicted octanol–water partition coefficient (Wildman–Crippen LogP) is 4.15. The number of rotatable bonds is 9. The average Bonchev–Trinajstić information content (AvgIpc) is 2.38. The fourth-order valence-electron chi connectivity index (χ4n) is 1.72. The number of para-hydroxylation sites is 2. The molecule has 0 saturated heterocycles. The van der Waals surface area contributed by atoms with Gasteiger partial charge in [0.2, 0.25) is 0 Å². The van der Waals surface area contributed by atoms with Crippen molar-refractivity contribution in [1.29, 1.82) is 0 Å². The van der Waals surface area contributed by atoms with Crippen LogP contribution in [0.3, 0.4) is 0 Å². The van der Waals surface area contributed by atoms with Crippen molar-refractivity contribution in [2.45, 2.75) is 38.5 Å². The molecule has 1 aromatic rings. The molecule has 4 heteroatoms. The molecule has 0 aliphatic heterocycles. The second-order valence-electron chi connectivity index (χ2n) is 4.19. The van der Waals surface area contributed by atoms with Crippen LogP contribution in [-0.4, -0.2) is 11.5 Å². The highest BCUT2D eigenvalue weighted by atomic mass is 16.6. The molecule has 0 aromatic heterocycles. The summed E-state index contributed by atoms with van der Waals surface area (Å²) >= 11 is 0. The van der Waals surface area contributed by atoms with E-state index in [1.807, 2.05) is 0 Å². The molecule has 0 aliphatic carbocycles. The van der Waals surface area contributed by atoms with Crippen LogP contribution in [0, 0.1) is 17.0 Å². The van der Waals surface area contributed by atoms with E-state index in [4.69, 9.17) is 4.74 Å². The van der Waals surface area contributed by atoms with E-state index in [2.05, 4.69) is 6.92 Å². The number of nitro benzene ring substituents is 1. The van der Waals surface area contributed by atoms with Crippen LogP contribution < -0.4 is 4.74 Å². The molecule has 1 radical (unpaired) electrons. The first-order chi connectivity index (χ1) is 8.75. The van der Waals surface area contributed by atoms with Crippen molar-refractivity contribution in [1.82, 2.24) is 0 Å². The van der Waals surface area contributed by atoms with E-state index >= 15 is 0 Å². The highest BCUT2D eigenvalue weighted by molar-refractivity contribution is 5.45. The third-order valence-corrected chi connectivity index (χ3v) is 2.71. The smallest absolute Gasteiger partial charge is 0.310 e. The molecule has 0 N–H and O–H groups in total. The second-order valence-corrected chi connectivity index (χ2v) is 4.19. The van der Waals surface area contributed by atoms with Crippen LogP contribution in [0.15, 0.2) is 24.3 Å². The monoisotopic (exact) mass is 250 g/mol. The maximum atomic E-state index is 10.7. The molecule has 0 aliphatic rings. The molecule has 4 nitrogen and oxygen atoms in total. The highest BCUT2D eigenvalue weighted by Crippen LogP contribution is 2.25. The van der Waals surface area contributed by atoms with Gasteiger partial charge in [-0.2, -0.15) is 0 Å². The zero-order valence-electron chi connectivity index (χ0n) is 10.6. The van der Waals surface area contributed by atoms with Gasteiger partial charge in [0.05, 0.1) is 11.5 Å². The van der Waals surface area contributed by atoms with Crippen molar-refractivity contribution in [2.24, 2.45) is 0 Å². The summed E-state index contributed by atoms with van der Waals surface area (Å²) in [4.78, 5) is 10.3. The molecule has 18 heavy (non-hydrogen) atoms. The Labute approximate surface area is 108 Å². The Bertz CT molecular complexity index is 366. The predicted molar refractivity (Wildman–Crippen MR) is 71.7 cm³/mol. The van der Waals surface area contributed by atoms with E-state index in [-0.39, 0.29) is 5.69 Å². The van der Waals surface area contributed by atoms with Gasteiger partial charge in [-0.05, 0) is 12.5 Å². The van der Waals surface area contributed by atoms with Crippen LogP contribution in [0.4, 0.5) is 5.69 Å². The van der Waals surface area contributed by atoms with Crippen molar-refractivity contribution in [3.63, 3.8) is 0 Å². The zero-order chi connectivity index (χ0) is 13.2. The minimum Gasteiger partial charge on any atom is -0.487 e. The van der Waals surface area contributed by atoms with Crippen molar-refractivity contribution < 1.29 is 9.66 Å². The number of hydrogen-bond acceptors (Lipinski definition) is 3. The summed E-state index contributed by atoms with van der Waals surface area (Å²) in [5, 5.41) is 10.7. The first-order valence-corrected chi connectivity index (χ1v) is 6.41. The second kappa shape index (κ2) is 8.50. The summed E-state index contributed by atoms with van der Waals surface area (Å²) < 4.78 is 5.45. The van der Waals surface area contributed by atoms with Crippen molar-refractivity contribution >= 4 is 5.69 Å². The van der Waals surface area contributed by atoms with Crippen LogP contribution in [0.1, 0.15) is 38.5 Å². The van der Waals surface area contributed by atoms with Crippen molar-refractivity contribution in [3.05, 3.63) is 41.3 Å². The Balaban J connectivity index is 2.25. The van der Waals surface area contributed by atoms with Gasteiger partial charge >= 0.3 is 5.69 Å². The quantitative estimate of drug-likeness (QED) is 0.376. The van der Waals surface area contributed by atoms with Gasteiger partial charge in [-0.1, -0.05) is 51.2 Å². The molecule has 0 fully saturated rings. The number of ether oxygens (including phenoxy) is 1. The molecule has 0 amide bonds. The summed E-state index contributed by atoms with van der Waals surface area (Å²) in [7, 11) is 0. The fraction of sp³-hybridized carbons (Fsp3) is 0.500. The average molecular weight is 250 g/mol. The summed E-state index contributed by atoms with van der Waals surface area (Å²) in [5.74, 6) is 0.361. The summed E-state index contributed by atoms with van der Waals surface area (Å²) in [5.41, 5.74) is 0.0366. The summed E-state index contributed by atoms with van der Waals surface area (Å²) in [6, 6.07) is 6.49. The van der Waals surface area contributed by atoms with E-state index in [0.29, 0.717) is 12.4 Å². The third-order valence-electron chi connectivity index (χ3n) is 2.71. The third kappa shape index (κ3) is 5.17. The van der Waals surface area contributed by atoms with E-state index < -0.39 is 4.92 Å². The van der Waals surface area contributed by atoms with Crippen molar-refractivity contribution in [3.8, 4) is 5.75 Å². The largest absolute Gasteiger partial charge is 0.487 e. The highest BCUT2D eigenvalue weighted by Gasteiger charge is 2.12. The number of hydrogen-bond donors (Lipinski definition) is 0. The maximum Gasteiger partial charge on any atom is 0.310 e. The zero-order valence-corrected chi connectivity index (χ0v) is 10.6. The van der Waals surface area contributed by atoms with Gasteiger partial charge in [0.1, 0.15) is 0 Å². The molecule has 0 unspecified atom stereocenters. The molecule has 0 spiro atoms. The van der Waals surface area contributed by atoms with E-state index in [1.165, 1.54) is 25.3 Å². The molecule has 99 valence electrons. The number of benzene rings is 1. The first-order valence-electron chi connectivity index (χ1n) is 6.41. The lowest BCUT2D eigenvalue weighted by molar-refractivity contribution is -0.385. The van der Waals surface area contributed by atoms with Crippen LogP contribution in [0.5, 0.6) is 5.75 Å². The van der Waals surface area contributed by atoms with Gasteiger partial charge in [0, 0.05) is 6.07 Å². The lowest BCUT2D eigenvalue weighted by atomic mass is 10.1. The van der Waals surface area contributed by atoms with Gasteiger partial charge in [0.15, 0.2) is 5.75 Å². The Morgan fingerprint density at radius 3 is 2.50 bits per heavy atom. The Hall–Kier alpha value is -1.58. The van der Waals surface area contributed by atoms with Crippen LogP contribution in [0.2, 0.25) is 0 Å². The van der Waals surface area contributed by atoms with Gasteiger partial charge in [0.25, 0.3) is 0 Å². The summed E-state index contributed by atoms with van der Waals surface area (Å²) in [6.45, 7) is 4.33. The topological polar surface area (TPSA) is 52.4 Å². The van der Waals surface area contributed by atoms with Crippen LogP contribution in [-0.2, 0) is 0 Å². The van der Waals surface area contributed by atoms with Gasteiger partial charge in [-0.25, -0.2) is 0 Å². The lowest BCUT2D eigenvalue weighted by Crippen LogP contribution is -2.00. The number of nitro groups is 1. The maximum absolute atomic E-state index is 10.7. The Kier molecular flexibility index (Phi) is 6.84. The fourth-order valence-corrected chi connectivity index (χ4v) is 1.72. The lowest BCUT2D eigenvalue weighted by Gasteiger charge is -2.06. The summed E-state index contributed by atoms with van der Waals surface area (Å²) in [6.07, 6.45) is 6.58. The van der Waals surface area contributed by atoms with Crippen LogP contribution in [0.25, 0.3) is 0 Å². The molecule has 0 heterocycles. The van der Waals surface area contributed by atoms with Gasteiger partial charge < -0.3 is 4.74 Å². The van der Waals surface area contributed by atoms with Crippen LogP contribution >= 0.6 is 0 Å². The Morgan fingerprint density at radius 1 is 1.11 bits per heavy atom. The number of nitrogens with zero attached hydrogens (tertiary/aromatic N) is 1. The number of unbranched alkanes of at least 4 members (excludes halogenated alkanes) is 5. The van der Waals surface area contributed by atoms with E-state index in [1.54, 1.807) is 18.2 Å². The van der Waals surface area contributed by atoms with E-state index in [0.717, 1.165) is 19.3 Å². The van der Waals surface area contributed by atoms with Gasteiger partial charge in [-0.3, -0.25) is 10.1 Å². The minimum absolute atomic E-state index is 0.0366. The molecular formula is C14H20NO3. The van der Waals surface area contributed by atoms with Gasteiger partial charge in [-0.15, -0.1) is 0 Å². The molecule has 0 atom stereocenters. The van der Waals surface area contributed by atoms with Crippen molar-refractivity contribution in [2.75, 3.05) is 6.61 Å². The Morgan fingerprint density at radius 2 is 1.78 bits per heavy atom. The molecular weight excluding hydrogens is 230 g/mol. The standard InChI is InChI=1S/C14H20NO3/c1-2-3-4-5-6-9-12-18-14-11-8-7-10-13(14)15(16)17/h7-8,10-11H,1-6,9,12H2. The molecule has 0 bridgehead atoms. The first kappa shape index (κ1) is 14.5. The van der Waals surface area contributed by atoms with E-state index in [9.17, 15) is 10.1 Å². The molecule has 1 aromatic carbocycles. The molecule has 0 saturated carbocycles. The molecule has 1 rings (SSSR count). The minimum atomic E-state index is -0.413. The SMILES string of the molecule is [CH2]CCCCCCCOc1ccccc1[N+](=O)[O-].